The van der Waals surface area contributed by atoms with Crippen LogP contribution in [-0.4, -0.2) is 46.6 Å². The quantitative estimate of drug-likeness (QED) is 0.281. The standard InChI is InChI=1S/C25H21F2N3O6S2/c1-35-23-13-18(9-12-22(23)36-25(26,27)24(31)32)15-30(38(33,34)20-5-3-2-4-6-20)14-17-7-10-19(11-8-17)21-16-37-29-28-21/h2-13,16H,14-15H2,1H3,(H,31,32). The zero-order valence-electron chi connectivity index (χ0n) is 19.8. The Hall–Kier alpha value is -3.94. The maximum Gasteiger partial charge on any atom is 0.502 e. The summed E-state index contributed by atoms with van der Waals surface area (Å²) in [6.45, 7) is -0.134. The molecule has 4 aromatic rings. The number of carbonyl (C=O) groups is 1. The first-order valence-electron chi connectivity index (χ1n) is 11.0. The first-order valence-corrected chi connectivity index (χ1v) is 13.3. The summed E-state index contributed by atoms with van der Waals surface area (Å²) in [6, 6.07) is 18.9. The minimum Gasteiger partial charge on any atom is -0.493 e. The molecule has 1 heterocycles. The van der Waals surface area contributed by atoms with Crippen molar-refractivity contribution in [1.82, 2.24) is 13.9 Å². The van der Waals surface area contributed by atoms with E-state index in [2.05, 4.69) is 14.3 Å². The zero-order chi connectivity index (χ0) is 27.3. The fourth-order valence-corrected chi connectivity index (χ4v) is 5.42. The van der Waals surface area contributed by atoms with E-state index < -0.39 is 27.9 Å². The van der Waals surface area contributed by atoms with Crippen LogP contribution in [0.1, 0.15) is 11.1 Å². The SMILES string of the molecule is COc1cc(CN(Cc2ccc(-c3csnn3)cc2)S(=O)(=O)c2ccccc2)ccc1OC(F)(F)C(=O)O. The van der Waals surface area contributed by atoms with E-state index >= 15 is 0 Å². The van der Waals surface area contributed by atoms with Crippen LogP contribution in [0.15, 0.2) is 83.1 Å². The molecule has 1 aromatic heterocycles. The molecule has 0 saturated heterocycles. The van der Waals surface area contributed by atoms with Crippen LogP contribution < -0.4 is 9.47 Å². The third-order valence-electron chi connectivity index (χ3n) is 5.42. The van der Waals surface area contributed by atoms with Crippen molar-refractivity contribution < 1.29 is 36.6 Å². The lowest BCUT2D eigenvalue weighted by Gasteiger charge is -2.23. The number of aliphatic carboxylic acids is 1. The Labute approximate surface area is 221 Å². The predicted molar refractivity (Wildman–Crippen MR) is 134 cm³/mol. The molecule has 0 spiro atoms. The lowest BCUT2D eigenvalue weighted by molar-refractivity contribution is -0.211. The molecular weight excluding hydrogens is 540 g/mol. The van der Waals surface area contributed by atoms with E-state index in [1.165, 1.54) is 47.2 Å². The van der Waals surface area contributed by atoms with Crippen LogP contribution in [0.25, 0.3) is 11.3 Å². The Kier molecular flexibility index (Phi) is 7.99. The first-order chi connectivity index (χ1) is 18.1. The van der Waals surface area contributed by atoms with Gasteiger partial charge in [0.05, 0.1) is 12.0 Å². The van der Waals surface area contributed by atoms with Crippen LogP contribution >= 0.6 is 11.5 Å². The van der Waals surface area contributed by atoms with E-state index in [0.717, 1.165) is 11.6 Å². The van der Waals surface area contributed by atoms with Gasteiger partial charge in [0.15, 0.2) is 11.5 Å². The average Bonchev–Trinajstić information content (AvgIpc) is 3.45. The first kappa shape index (κ1) is 27.1. The molecule has 0 amide bonds. The Morgan fingerprint density at radius 2 is 1.66 bits per heavy atom. The summed E-state index contributed by atoms with van der Waals surface area (Å²) in [5.41, 5.74) is 2.64. The minimum atomic E-state index is -4.47. The highest BCUT2D eigenvalue weighted by Gasteiger charge is 2.43. The maximum absolute atomic E-state index is 13.6. The van der Waals surface area contributed by atoms with Crippen molar-refractivity contribution in [3.63, 3.8) is 0 Å². The molecule has 38 heavy (non-hydrogen) atoms. The van der Waals surface area contributed by atoms with Gasteiger partial charge < -0.3 is 14.6 Å². The monoisotopic (exact) mass is 561 g/mol. The molecule has 198 valence electrons. The molecule has 3 aromatic carbocycles. The molecule has 0 aliphatic rings. The van der Waals surface area contributed by atoms with Crippen LogP contribution in [0.3, 0.4) is 0 Å². The maximum atomic E-state index is 13.6. The number of carboxylic acid groups (broad SMARTS) is 1. The van der Waals surface area contributed by atoms with Crippen LogP contribution in [0.2, 0.25) is 0 Å². The Morgan fingerprint density at radius 3 is 2.26 bits per heavy atom. The third-order valence-corrected chi connectivity index (χ3v) is 7.73. The summed E-state index contributed by atoms with van der Waals surface area (Å²) in [4.78, 5) is 10.8. The van der Waals surface area contributed by atoms with Crippen molar-refractivity contribution in [1.29, 1.82) is 0 Å². The molecule has 0 saturated carbocycles. The second kappa shape index (κ2) is 11.2. The number of hydrogen-bond donors (Lipinski definition) is 1. The number of nitrogens with zero attached hydrogens (tertiary/aromatic N) is 3. The van der Waals surface area contributed by atoms with Gasteiger partial charge in [0.2, 0.25) is 10.0 Å². The van der Waals surface area contributed by atoms with Gasteiger partial charge in [0.25, 0.3) is 0 Å². The molecule has 0 atom stereocenters. The summed E-state index contributed by atoms with van der Waals surface area (Å²) in [7, 11) is -2.78. The number of rotatable bonds is 11. The van der Waals surface area contributed by atoms with E-state index in [9.17, 15) is 22.0 Å². The second-order valence-corrected chi connectivity index (χ2v) is 10.5. The van der Waals surface area contributed by atoms with Crippen LogP contribution in [-0.2, 0) is 27.9 Å². The molecule has 9 nitrogen and oxygen atoms in total. The number of hydrogen-bond acceptors (Lipinski definition) is 8. The topological polar surface area (TPSA) is 119 Å². The number of ether oxygens (including phenoxy) is 2. The molecule has 0 aliphatic carbocycles. The van der Waals surface area contributed by atoms with Crippen molar-refractivity contribution >= 4 is 27.5 Å². The molecule has 13 heteroatoms. The summed E-state index contributed by atoms with van der Waals surface area (Å²) in [5, 5.41) is 14.5. The van der Waals surface area contributed by atoms with Gasteiger partial charge in [-0.3, -0.25) is 0 Å². The van der Waals surface area contributed by atoms with E-state index in [0.29, 0.717) is 16.8 Å². The Morgan fingerprint density at radius 1 is 1.00 bits per heavy atom. The molecule has 0 fully saturated rings. The summed E-state index contributed by atoms with van der Waals surface area (Å²) < 4.78 is 68.8. The molecular formula is C25H21F2N3O6S2. The normalized spacial score (nSPS) is 11.9. The smallest absolute Gasteiger partial charge is 0.493 e. The van der Waals surface area contributed by atoms with Gasteiger partial charge in [-0.25, -0.2) is 13.2 Å². The fraction of sp³-hybridized carbons (Fsp3) is 0.160. The zero-order valence-corrected chi connectivity index (χ0v) is 21.5. The van der Waals surface area contributed by atoms with Crippen molar-refractivity contribution in [2.24, 2.45) is 0 Å². The van der Waals surface area contributed by atoms with E-state index in [1.54, 1.807) is 35.7 Å². The molecule has 0 unspecified atom stereocenters. The van der Waals surface area contributed by atoms with E-state index in [4.69, 9.17) is 9.84 Å². The Bertz CT molecular complexity index is 1500. The molecule has 1 N–H and O–H groups in total. The van der Waals surface area contributed by atoms with Gasteiger partial charge in [-0.15, -0.1) is 5.10 Å². The number of alkyl halides is 2. The average molecular weight is 562 g/mol. The number of carboxylic acids is 1. The largest absolute Gasteiger partial charge is 0.502 e. The highest BCUT2D eigenvalue weighted by atomic mass is 32.2. The van der Waals surface area contributed by atoms with Crippen LogP contribution in [0, 0.1) is 0 Å². The van der Waals surface area contributed by atoms with Gasteiger partial charge in [0.1, 0.15) is 5.69 Å². The summed E-state index contributed by atoms with van der Waals surface area (Å²) in [5.74, 6) is -3.14. The van der Waals surface area contributed by atoms with Crippen molar-refractivity contribution in [2.75, 3.05) is 7.11 Å². The molecule has 0 radical (unpaired) electrons. The molecule has 4 rings (SSSR count). The van der Waals surface area contributed by atoms with E-state index in [-0.39, 0.29) is 23.7 Å². The molecule has 0 aliphatic heterocycles. The number of benzene rings is 3. The second-order valence-electron chi connectivity index (χ2n) is 7.98. The number of halogens is 2. The Balaban J connectivity index is 1.65. The van der Waals surface area contributed by atoms with Gasteiger partial charge in [0, 0.05) is 24.0 Å². The van der Waals surface area contributed by atoms with Gasteiger partial charge in [-0.2, -0.15) is 13.1 Å². The van der Waals surface area contributed by atoms with Crippen LogP contribution in [0.4, 0.5) is 8.78 Å². The fourth-order valence-electron chi connectivity index (χ4n) is 3.52. The van der Waals surface area contributed by atoms with Crippen LogP contribution in [0.5, 0.6) is 11.5 Å². The lowest BCUT2D eigenvalue weighted by atomic mass is 10.1. The van der Waals surface area contributed by atoms with Gasteiger partial charge in [-0.1, -0.05) is 53.0 Å². The number of methoxy groups -OCH3 is 1. The predicted octanol–water partition coefficient (Wildman–Crippen LogP) is 4.66. The third kappa shape index (κ3) is 6.13. The molecule has 0 bridgehead atoms. The van der Waals surface area contributed by atoms with Crippen molar-refractivity contribution in [3.05, 3.63) is 89.3 Å². The number of aromatic nitrogens is 2. The number of sulfonamides is 1. The highest BCUT2D eigenvalue weighted by molar-refractivity contribution is 7.89. The van der Waals surface area contributed by atoms with Crippen molar-refractivity contribution in [2.45, 2.75) is 24.1 Å². The minimum absolute atomic E-state index is 0.00444. The summed E-state index contributed by atoms with van der Waals surface area (Å²) >= 11 is 1.22. The highest BCUT2D eigenvalue weighted by Crippen LogP contribution is 2.33. The van der Waals surface area contributed by atoms with Gasteiger partial charge >= 0.3 is 12.1 Å². The summed E-state index contributed by atoms with van der Waals surface area (Å²) in [6.07, 6.45) is -4.47. The van der Waals surface area contributed by atoms with Crippen molar-refractivity contribution in [3.8, 4) is 22.8 Å². The lowest BCUT2D eigenvalue weighted by Crippen LogP contribution is -2.35. The van der Waals surface area contributed by atoms with Gasteiger partial charge in [-0.05, 0) is 46.9 Å². The van der Waals surface area contributed by atoms with E-state index in [1.807, 2.05) is 12.1 Å².